The van der Waals surface area contributed by atoms with E-state index in [0.717, 1.165) is 76.8 Å². The summed E-state index contributed by atoms with van der Waals surface area (Å²) in [5, 5.41) is 9.11. The minimum Gasteiger partial charge on any atom is -0.342 e. The number of carbonyl (C=O) groups excluding carboxylic acids is 2. The molecule has 3 aliphatic heterocycles. The summed E-state index contributed by atoms with van der Waals surface area (Å²) in [5.74, 6) is 1.98. The molecule has 5 aliphatic rings. The molecule has 0 bridgehead atoms. The Morgan fingerprint density at radius 3 is 2.33 bits per heavy atom. The van der Waals surface area contributed by atoms with Crippen LogP contribution < -0.4 is 0 Å². The number of hydrogen-bond acceptors (Lipinski definition) is 4. The van der Waals surface area contributed by atoms with Gasteiger partial charge in [-0.1, -0.05) is 54.1 Å². The van der Waals surface area contributed by atoms with Crippen molar-refractivity contribution >= 4 is 11.8 Å². The fraction of sp³-hybridized carbons (Fsp3) is 0.528. The Kier molecular flexibility index (Phi) is 7.40. The third-order valence-corrected chi connectivity index (χ3v) is 10.9. The van der Waals surface area contributed by atoms with E-state index in [1.165, 1.54) is 18.4 Å². The Labute approximate surface area is 250 Å². The van der Waals surface area contributed by atoms with Gasteiger partial charge in [0.05, 0.1) is 17.0 Å². The van der Waals surface area contributed by atoms with E-state index >= 15 is 0 Å². The van der Waals surface area contributed by atoms with E-state index in [9.17, 15) is 9.59 Å². The first kappa shape index (κ1) is 27.4. The molecule has 2 amide bonds. The van der Waals surface area contributed by atoms with Crippen LogP contribution in [-0.4, -0.2) is 65.3 Å². The van der Waals surface area contributed by atoms with E-state index in [-0.39, 0.29) is 5.41 Å². The van der Waals surface area contributed by atoms with Gasteiger partial charge in [0.25, 0.3) is 0 Å². The first-order chi connectivity index (χ1) is 20.5. The van der Waals surface area contributed by atoms with Crippen LogP contribution in [0.15, 0.2) is 66.2 Å². The summed E-state index contributed by atoms with van der Waals surface area (Å²) in [4.78, 5) is 34.0. The molecule has 1 spiro atoms. The molecule has 6 heteroatoms. The number of amides is 2. The van der Waals surface area contributed by atoms with Gasteiger partial charge in [-0.15, -0.1) is 0 Å². The molecule has 0 radical (unpaired) electrons. The minimum absolute atomic E-state index is 0.248. The van der Waals surface area contributed by atoms with Crippen molar-refractivity contribution in [3.63, 3.8) is 0 Å². The predicted molar refractivity (Wildman–Crippen MR) is 162 cm³/mol. The summed E-state index contributed by atoms with van der Waals surface area (Å²) in [5.41, 5.74) is 4.39. The van der Waals surface area contributed by atoms with E-state index < -0.39 is 0 Å². The number of benzene rings is 2. The zero-order valence-corrected chi connectivity index (χ0v) is 24.6. The minimum atomic E-state index is -0.248. The number of hydrogen-bond donors (Lipinski definition) is 0. The van der Waals surface area contributed by atoms with Crippen molar-refractivity contribution < 1.29 is 9.59 Å². The quantitative estimate of drug-likeness (QED) is 0.399. The van der Waals surface area contributed by atoms with Crippen LogP contribution in [0.25, 0.3) is 0 Å². The molecular formula is C36H42N4O2. The van der Waals surface area contributed by atoms with Crippen LogP contribution >= 0.6 is 0 Å². The Morgan fingerprint density at radius 2 is 1.69 bits per heavy atom. The smallest absolute Gasteiger partial charge is 0.229 e. The maximum absolute atomic E-state index is 13.8. The van der Waals surface area contributed by atoms with E-state index in [4.69, 9.17) is 5.26 Å². The molecule has 1 saturated carbocycles. The van der Waals surface area contributed by atoms with Crippen molar-refractivity contribution in [2.75, 3.05) is 32.7 Å². The second kappa shape index (κ2) is 11.3. The topological polar surface area (TPSA) is 67.7 Å². The van der Waals surface area contributed by atoms with Crippen LogP contribution in [0.4, 0.5) is 0 Å². The van der Waals surface area contributed by atoms with Gasteiger partial charge < -0.3 is 9.80 Å². The molecule has 7 rings (SSSR count). The SMILES string of the molecule is N#Cc1ccc(CN2CCC3(CCN(C(C4=CCC4)[C@H]4CN(C(=O)CC5CC5)CC4c4ccccc4)CC3)C2=O)cc1. The summed E-state index contributed by atoms with van der Waals surface area (Å²) in [7, 11) is 0. The summed E-state index contributed by atoms with van der Waals surface area (Å²) < 4.78 is 0. The summed E-state index contributed by atoms with van der Waals surface area (Å²) in [6.45, 7) is 4.97. The van der Waals surface area contributed by atoms with Crippen molar-refractivity contribution in [1.82, 2.24) is 14.7 Å². The highest BCUT2D eigenvalue weighted by molar-refractivity contribution is 5.85. The summed E-state index contributed by atoms with van der Waals surface area (Å²) in [6, 6.07) is 21.0. The lowest BCUT2D eigenvalue weighted by Gasteiger charge is -2.46. The maximum atomic E-state index is 13.8. The number of piperidine rings is 1. The zero-order chi connectivity index (χ0) is 28.7. The van der Waals surface area contributed by atoms with Gasteiger partial charge >= 0.3 is 0 Å². The van der Waals surface area contributed by atoms with Gasteiger partial charge in [0.1, 0.15) is 0 Å². The molecule has 0 aromatic heterocycles. The highest BCUT2D eigenvalue weighted by atomic mass is 16.2. The molecule has 2 aromatic rings. The number of carbonyl (C=O) groups is 2. The standard InChI is InChI=1S/C36H42N4O2/c37-22-27-11-13-28(14-12-27)23-39-20-17-36(35(39)42)15-18-38(19-16-36)34(30-7-4-8-30)32-25-40(33(41)21-26-9-10-26)24-31(32)29-5-2-1-3-6-29/h1-3,5-7,11-14,26,31-32,34H,4,8-10,15-21,23-25H2/t31?,32-,34?/m0/s1. The van der Waals surface area contributed by atoms with Crippen LogP contribution in [0.2, 0.25) is 0 Å². The summed E-state index contributed by atoms with van der Waals surface area (Å²) in [6.07, 6.45) is 10.6. The highest BCUT2D eigenvalue weighted by Crippen LogP contribution is 2.47. The normalized spacial score (nSPS) is 26.2. The third-order valence-electron chi connectivity index (χ3n) is 10.9. The average molecular weight is 563 g/mol. The fourth-order valence-corrected chi connectivity index (χ4v) is 8.11. The number of likely N-dealkylation sites (tertiary alicyclic amines) is 3. The molecule has 42 heavy (non-hydrogen) atoms. The lowest BCUT2D eigenvalue weighted by Crippen LogP contribution is -2.52. The molecular weight excluding hydrogens is 520 g/mol. The fourth-order valence-electron chi connectivity index (χ4n) is 8.11. The lowest BCUT2D eigenvalue weighted by atomic mass is 9.73. The molecule has 3 saturated heterocycles. The molecule has 3 atom stereocenters. The van der Waals surface area contributed by atoms with E-state index in [1.54, 1.807) is 5.57 Å². The van der Waals surface area contributed by atoms with Gasteiger partial charge in [0, 0.05) is 50.5 Å². The largest absolute Gasteiger partial charge is 0.342 e. The molecule has 2 aromatic carbocycles. The van der Waals surface area contributed by atoms with Crippen molar-refractivity contribution in [3.8, 4) is 6.07 Å². The number of nitriles is 1. The van der Waals surface area contributed by atoms with Gasteiger partial charge in [0.15, 0.2) is 0 Å². The molecule has 2 unspecified atom stereocenters. The molecule has 2 aliphatic carbocycles. The molecule has 6 nitrogen and oxygen atoms in total. The molecule has 0 N–H and O–H groups in total. The number of allylic oxidation sites excluding steroid dienone is 1. The Bertz CT molecular complexity index is 1380. The Morgan fingerprint density at radius 1 is 0.976 bits per heavy atom. The Balaban J connectivity index is 1.07. The zero-order valence-electron chi connectivity index (χ0n) is 24.6. The first-order valence-corrected chi connectivity index (χ1v) is 16.1. The Hall–Kier alpha value is -3.43. The van der Waals surface area contributed by atoms with Crippen molar-refractivity contribution in [3.05, 3.63) is 82.9 Å². The second-order valence-corrected chi connectivity index (χ2v) is 13.5. The van der Waals surface area contributed by atoms with E-state index in [1.807, 2.05) is 29.2 Å². The van der Waals surface area contributed by atoms with E-state index in [0.29, 0.717) is 47.7 Å². The second-order valence-electron chi connectivity index (χ2n) is 13.5. The molecule has 4 fully saturated rings. The van der Waals surface area contributed by atoms with Crippen LogP contribution in [0.3, 0.4) is 0 Å². The molecule has 218 valence electrons. The number of nitrogens with zero attached hydrogens (tertiary/aromatic N) is 4. The maximum Gasteiger partial charge on any atom is 0.229 e. The highest BCUT2D eigenvalue weighted by Gasteiger charge is 2.51. The average Bonchev–Trinajstić information content (AvgIpc) is 3.63. The lowest BCUT2D eigenvalue weighted by molar-refractivity contribution is -0.139. The summed E-state index contributed by atoms with van der Waals surface area (Å²) >= 11 is 0. The first-order valence-electron chi connectivity index (χ1n) is 16.1. The van der Waals surface area contributed by atoms with E-state index in [2.05, 4.69) is 52.3 Å². The van der Waals surface area contributed by atoms with Crippen LogP contribution in [0.1, 0.15) is 74.0 Å². The van der Waals surface area contributed by atoms with Crippen molar-refractivity contribution in [2.45, 2.75) is 69.9 Å². The van der Waals surface area contributed by atoms with Gasteiger partial charge in [-0.3, -0.25) is 14.5 Å². The number of rotatable bonds is 8. The van der Waals surface area contributed by atoms with Gasteiger partial charge in [-0.05, 0) is 87.2 Å². The predicted octanol–water partition coefficient (Wildman–Crippen LogP) is 5.50. The van der Waals surface area contributed by atoms with Gasteiger partial charge in [-0.25, -0.2) is 0 Å². The monoisotopic (exact) mass is 562 g/mol. The van der Waals surface area contributed by atoms with Gasteiger partial charge in [-0.2, -0.15) is 5.26 Å². The van der Waals surface area contributed by atoms with Crippen LogP contribution in [-0.2, 0) is 16.1 Å². The molecule has 3 heterocycles. The van der Waals surface area contributed by atoms with Crippen molar-refractivity contribution in [1.29, 1.82) is 5.26 Å². The van der Waals surface area contributed by atoms with Gasteiger partial charge in [0.2, 0.25) is 11.8 Å². The van der Waals surface area contributed by atoms with Crippen LogP contribution in [0, 0.1) is 28.6 Å². The third kappa shape index (κ3) is 5.28. The van der Waals surface area contributed by atoms with Crippen LogP contribution in [0.5, 0.6) is 0 Å². The van der Waals surface area contributed by atoms with Crippen molar-refractivity contribution in [2.24, 2.45) is 17.3 Å².